The maximum Gasteiger partial charge on any atom is 0.431 e. The highest BCUT2D eigenvalue weighted by Crippen LogP contribution is 2.39. The topological polar surface area (TPSA) is 66.1 Å². The van der Waals surface area contributed by atoms with E-state index in [-0.39, 0.29) is 11.1 Å². The summed E-state index contributed by atoms with van der Waals surface area (Å²) < 4.78 is 51.0. The molecule has 1 aliphatic heterocycles. The Balaban J connectivity index is 1.90. The molecule has 0 saturated carbocycles. The Bertz CT molecular complexity index is 1140. The molecular formula is C16H12F3N3O3S2. The van der Waals surface area contributed by atoms with Gasteiger partial charge in [0.1, 0.15) is 16.8 Å². The molecule has 3 heterocycles. The van der Waals surface area contributed by atoms with Crippen LogP contribution in [-0.4, -0.2) is 25.9 Å². The first-order chi connectivity index (χ1) is 12.8. The Morgan fingerprint density at radius 1 is 1.26 bits per heavy atom. The zero-order valence-electron chi connectivity index (χ0n) is 13.8. The fourth-order valence-electron chi connectivity index (χ4n) is 2.91. The lowest BCUT2D eigenvalue weighted by molar-refractivity contribution is -0.144. The summed E-state index contributed by atoms with van der Waals surface area (Å²) in [7, 11) is 0.986. The van der Waals surface area contributed by atoms with Crippen LogP contribution >= 0.6 is 23.3 Å². The highest BCUT2D eigenvalue weighted by molar-refractivity contribution is 7.99. The zero-order chi connectivity index (χ0) is 19.3. The van der Waals surface area contributed by atoms with E-state index in [1.54, 1.807) is 23.9 Å². The molecule has 1 aromatic carbocycles. The third-order valence-corrected chi connectivity index (χ3v) is 6.10. The van der Waals surface area contributed by atoms with Crippen LogP contribution in [0.5, 0.6) is 0 Å². The molecule has 0 amide bonds. The molecule has 11 heteroatoms. The van der Waals surface area contributed by atoms with E-state index >= 15 is 0 Å². The number of thioether (sulfide) groups is 1. The number of aromatic nitrogens is 3. The molecule has 0 N–H and O–H groups in total. The molecule has 1 atom stereocenters. The molecule has 142 valence electrons. The number of hydrogen-bond donors (Lipinski definition) is 0. The minimum atomic E-state index is -4.79. The van der Waals surface area contributed by atoms with Crippen molar-refractivity contribution in [2.45, 2.75) is 11.6 Å². The lowest BCUT2D eigenvalue weighted by Crippen LogP contribution is -2.40. The van der Waals surface area contributed by atoms with Crippen molar-refractivity contribution in [2.75, 3.05) is 12.4 Å². The summed E-state index contributed by atoms with van der Waals surface area (Å²) in [4.78, 5) is 24.7. The van der Waals surface area contributed by atoms with E-state index in [0.29, 0.717) is 28.3 Å². The van der Waals surface area contributed by atoms with E-state index in [9.17, 15) is 22.8 Å². The smallest absolute Gasteiger partial charge is 0.360 e. The summed E-state index contributed by atoms with van der Waals surface area (Å²) in [5.74, 6) is 0.836. The van der Waals surface area contributed by atoms with Crippen LogP contribution in [0.1, 0.15) is 16.8 Å². The molecule has 0 aliphatic carbocycles. The number of rotatable bonds is 2. The van der Waals surface area contributed by atoms with Crippen LogP contribution in [0, 0.1) is 0 Å². The third kappa shape index (κ3) is 3.09. The highest BCUT2D eigenvalue weighted by Gasteiger charge is 2.35. The van der Waals surface area contributed by atoms with Gasteiger partial charge in [0.25, 0.3) is 5.56 Å². The quantitative estimate of drug-likeness (QED) is 0.644. The molecule has 1 unspecified atom stereocenters. The van der Waals surface area contributed by atoms with Crippen LogP contribution in [0.25, 0.3) is 15.8 Å². The van der Waals surface area contributed by atoms with Crippen molar-refractivity contribution >= 4 is 33.4 Å². The summed E-state index contributed by atoms with van der Waals surface area (Å²) in [6.07, 6.45) is -4.79. The predicted octanol–water partition coefficient (Wildman–Crippen LogP) is 2.93. The molecule has 6 nitrogen and oxygen atoms in total. The van der Waals surface area contributed by atoms with Gasteiger partial charge in [-0.1, -0.05) is 0 Å². The number of benzene rings is 1. The second-order valence-corrected chi connectivity index (χ2v) is 7.84. The van der Waals surface area contributed by atoms with E-state index in [1.165, 1.54) is 17.6 Å². The first kappa shape index (κ1) is 18.3. The summed E-state index contributed by atoms with van der Waals surface area (Å²) in [6.45, 7) is 0.604. The minimum absolute atomic E-state index is 0.186. The van der Waals surface area contributed by atoms with E-state index in [4.69, 9.17) is 4.74 Å². The van der Waals surface area contributed by atoms with Crippen LogP contribution in [0.3, 0.4) is 0 Å². The lowest BCUT2D eigenvalue weighted by Gasteiger charge is -2.14. The second kappa shape index (κ2) is 6.50. The van der Waals surface area contributed by atoms with Gasteiger partial charge in [-0.3, -0.25) is 9.36 Å². The minimum Gasteiger partial charge on any atom is -0.360 e. The van der Waals surface area contributed by atoms with E-state index < -0.39 is 23.1 Å². The molecule has 1 aliphatic rings. The largest absolute Gasteiger partial charge is 0.431 e. The Kier molecular flexibility index (Phi) is 4.40. The van der Waals surface area contributed by atoms with Crippen molar-refractivity contribution in [1.82, 2.24) is 13.5 Å². The van der Waals surface area contributed by atoms with Crippen molar-refractivity contribution in [1.29, 1.82) is 0 Å². The molecule has 0 bridgehead atoms. The molecule has 0 radical (unpaired) electrons. The summed E-state index contributed by atoms with van der Waals surface area (Å²) in [6, 6.07) is 5.22. The first-order valence-corrected chi connectivity index (χ1v) is 9.63. The molecule has 4 rings (SSSR count). The van der Waals surface area contributed by atoms with Crippen LogP contribution < -0.4 is 11.2 Å². The van der Waals surface area contributed by atoms with Crippen molar-refractivity contribution < 1.29 is 17.9 Å². The first-order valence-electron chi connectivity index (χ1n) is 7.80. The van der Waals surface area contributed by atoms with Gasteiger partial charge in [-0.2, -0.15) is 17.5 Å². The van der Waals surface area contributed by atoms with Gasteiger partial charge >= 0.3 is 11.9 Å². The molecule has 0 spiro atoms. The van der Waals surface area contributed by atoms with Gasteiger partial charge in [-0.15, -0.1) is 11.8 Å². The molecule has 3 aromatic rings. The average Bonchev–Trinajstić information content (AvgIpc) is 3.26. The Morgan fingerprint density at radius 3 is 2.70 bits per heavy atom. The maximum atomic E-state index is 13.0. The standard InChI is InChI=1S/C16H12F3N3O3S2/c1-21-11(16(17,18)19)7-12(23)22(15(21)24)8-2-3-10-9(6-8)13(20-27-10)14-25-4-5-26-14/h2-3,6-7,14H,4-5H2,1H3. The maximum absolute atomic E-state index is 13.0. The van der Waals surface area contributed by atoms with Crippen LogP contribution in [0.4, 0.5) is 13.2 Å². The van der Waals surface area contributed by atoms with Crippen LogP contribution in [-0.2, 0) is 18.0 Å². The number of nitrogens with zero attached hydrogens (tertiary/aromatic N) is 3. The van der Waals surface area contributed by atoms with Gasteiger partial charge in [0.05, 0.1) is 17.0 Å². The van der Waals surface area contributed by atoms with Crippen LogP contribution in [0.2, 0.25) is 0 Å². The fraction of sp³-hybridized carbons (Fsp3) is 0.312. The number of alkyl halides is 3. The van der Waals surface area contributed by atoms with Gasteiger partial charge in [0, 0.05) is 24.3 Å². The Labute approximate surface area is 158 Å². The number of fused-ring (bicyclic) bond motifs is 1. The van der Waals surface area contributed by atoms with Gasteiger partial charge < -0.3 is 4.74 Å². The van der Waals surface area contributed by atoms with Gasteiger partial charge in [0.15, 0.2) is 0 Å². The Hall–Kier alpha value is -2.11. The van der Waals surface area contributed by atoms with E-state index in [2.05, 4.69) is 4.37 Å². The fourth-order valence-corrected chi connectivity index (χ4v) is 4.69. The van der Waals surface area contributed by atoms with Gasteiger partial charge in [0.2, 0.25) is 0 Å². The molecule has 27 heavy (non-hydrogen) atoms. The highest BCUT2D eigenvalue weighted by atomic mass is 32.2. The van der Waals surface area contributed by atoms with Crippen molar-refractivity contribution in [2.24, 2.45) is 7.05 Å². The lowest BCUT2D eigenvalue weighted by atomic mass is 10.2. The predicted molar refractivity (Wildman–Crippen MR) is 96.6 cm³/mol. The second-order valence-electron chi connectivity index (χ2n) is 5.86. The molecule has 1 saturated heterocycles. The van der Waals surface area contributed by atoms with E-state index in [1.807, 2.05) is 0 Å². The summed E-state index contributed by atoms with van der Waals surface area (Å²) in [5.41, 5.74) is -2.75. The van der Waals surface area contributed by atoms with Crippen molar-refractivity contribution in [3.63, 3.8) is 0 Å². The van der Waals surface area contributed by atoms with E-state index in [0.717, 1.165) is 22.1 Å². The molecular weight excluding hydrogens is 403 g/mol. The third-order valence-electron chi connectivity index (χ3n) is 4.20. The average molecular weight is 415 g/mol. The monoisotopic (exact) mass is 415 g/mol. The zero-order valence-corrected chi connectivity index (χ0v) is 15.5. The number of hydrogen-bond acceptors (Lipinski definition) is 6. The van der Waals surface area contributed by atoms with Crippen molar-refractivity contribution in [3.05, 3.63) is 56.5 Å². The molecule has 2 aromatic heterocycles. The normalized spacial score (nSPS) is 17.7. The number of ether oxygens (including phenoxy) is 1. The number of halogens is 3. The summed E-state index contributed by atoms with van der Waals surface area (Å²) in [5, 5.41) is 0.714. The Morgan fingerprint density at radius 2 is 2.04 bits per heavy atom. The van der Waals surface area contributed by atoms with Gasteiger partial charge in [-0.05, 0) is 29.7 Å². The summed E-state index contributed by atoms with van der Waals surface area (Å²) >= 11 is 2.85. The SMILES string of the molecule is Cn1c(C(F)(F)F)cc(=O)n(-c2ccc3snc(C4OCCS4)c3c2)c1=O. The van der Waals surface area contributed by atoms with Crippen molar-refractivity contribution in [3.8, 4) is 5.69 Å². The molecule has 1 fully saturated rings. The van der Waals surface area contributed by atoms with Crippen LogP contribution in [0.15, 0.2) is 33.9 Å². The van der Waals surface area contributed by atoms with Gasteiger partial charge in [-0.25, -0.2) is 9.36 Å².